The van der Waals surface area contributed by atoms with E-state index in [0.29, 0.717) is 16.6 Å². The molecule has 0 radical (unpaired) electrons. The van der Waals surface area contributed by atoms with Crippen molar-refractivity contribution in [3.63, 3.8) is 0 Å². The number of carbonyl (C=O) groups is 2. The number of benzene rings is 1. The van der Waals surface area contributed by atoms with Crippen LogP contribution in [-0.4, -0.2) is 40.1 Å². The number of pyridine rings is 1. The molecule has 1 aromatic carbocycles. The first kappa shape index (κ1) is 17.5. The smallest absolute Gasteiger partial charge is 0.325 e. The van der Waals surface area contributed by atoms with Crippen LogP contribution in [0.15, 0.2) is 53.4 Å². The molecule has 9 heteroatoms. The largest absolute Gasteiger partial charge is 0.486 e. The molecule has 1 N–H and O–H groups in total. The lowest BCUT2D eigenvalue weighted by Gasteiger charge is -2.14. The number of aromatic nitrogens is 3. The Bertz CT molecular complexity index is 1150. The average molecular weight is 380 g/mol. The number of hydrogen-bond donors (Lipinski definition) is 1. The van der Waals surface area contributed by atoms with E-state index in [-0.39, 0.29) is 24.6 Å². The molecule has 0 spiro atoms. The van der Waals surface area contributed by atoms with Crippen LogP contribution in [0, 0.1) is 0 Å². The molecule has 3 aromatic heterocycles. The Morgan fingerprint density at radius 2 is 2.04 bits per heavy atom. The van der Waals surface area contributed by atoms with Crippen molar-refractivity contribution in [3.05, 3.63) is 60.2 Å². The fraction of sp³-hybridized carbons (Fsp3) is 0.158. The van der Waals surface area contributed by atoms with Crippen LogP contribution >= 0.6 is 0 Å². The third kappa shape index (κ3) is 3.13. The molecule has 0 saturated carbocycles. The van der Waals surface area contributed by atoms with Gasteiger partial charge in [-0.05, 0) is 11.6 Å². The summed E-state index contributed by atoms with van der Waals surface area (Å²) in [7, 11) is 1.25. The predicted molar refractivity (Wildman–Crippen MR) is 97.9 cm³/mol. The summed E-state index contributed by atoms with van der Waals surface area (Å²) in [6.07, 6.45) is 2.81. The van der Waals surface area contributed by atoms with Crippen molar-refractivity contribution in [2.24, 2.45) is 0 Å². The maximum absolute atomic E-state index is 12.9. The van der Waals surface area contributed by atoms with Gasteiger partial charge in [0.15, 0.2) is 22.7 Å². The number of amides is 1. The van der Waals surface area contributed by atoms with Crippen LogP contribution in [0.1, 0.15) is 16.1 Å². The van der Waals surface area contributed by atoms with E-state index in [1.165, 1.54) is 24.2 Å². The lowest BCUT2D eigenvalue weighted by molar-refractivity contribution is -0.139. The molecule has 0 fully saturated rings. The number of carbonyl (C=O) groups excluding carboxylic acids is 2. The number of rotatable bonds is 6. The van der Waals surface area contributed by atoms with Gasteiger partial charge in [0.2, 0.25) is 0 Å². The molecule has 0 saturated heterocycles. The first-order valence-corrected chi connectivity index (χ1v) is 8.43. The SMILES string of the molecule is COC(=O)CNC(=O)c1c(OCc2ccccc2)c2ccoc2c2ncnn12. The first-order valence-electron chi connectivity index (χ1n) is 8.43. The fourth-order valence-electron chi connectivity index (χ4n) is 2.83. The van der Waals surface area contributed by atoms with E-state index in [1.54, 1.807) is 6.07 Å². The van der Waals surface area contributed by atoms with Crippen molar-refractivity contribution >= 4 is 28.5 Å². The van der Waals surface area contributed by atoms with E-state index in [9.17, 15) is 9.59 Å². The highest BCUT2D eigenvalue weighted by Gasteiger charge is 2.25. The fourth-order valence-corrected chi connectivity index (χ4v) is 2.83. The molecule has 0 bridgehead atoms. The highest BCUT2D eigenvalue weighted by Crippen LogP contribution is 2.33. The van der Waals surface area contributed by atoms with Gasteiger partial charge in [-0.15, -0.1) is 0 Å². The molecule has 0 aliphatic heterocycles. The Morgan fingerprint density at radius 1 is 1.21 bits per heavy atom. The van der Waals surface area contributed by atoms with Crippen LogP contribution in [0.25, 0.3) is 16.6 Å². The second-order valence-electron chi connectivity index (χ2n) is 5.87. The molecule has 0 atom stereocenters. The quantitative estimate of drug-likeness (QED) is 0.509. The van der Waals surface area contributed by atoms with E-state index in [1.807, 2.05) is 30.3 Å². The van der Waals surface area contributed by atoms with Gasteiger partial charge in [-0.1, -0.05) is 30.3 Å². The Balaban J connectivity index is 1.79. The number of nitrogens with zero attached hydrogens (tertiary/aromatic N) is 3. The summed E-state index contributed by atoms with van der Waals surface area (Å²) in [5.74, 6) is -0.834. The zero-order valence-electron chi connectivity index (χ0n) is 14.9. The van der Waals surface area contributed by atoms with E-state index in [2.05, 4.69) is 20.1 Å². The average Bonchev–Trinajstić information content (AvgIpc) is 3.39. The summed E-state index contributed by atoms with van der Waals surface area (Å²) in [5, 5.41) is 7.22. The number of hydrogen-bond acceptors (Lipinski definition) is 7. The first-order chi connectivity index (χ1) is 13.7. The van der Waals surface area contributed by atoms with Gasteiger partial charge >= 0.3 is 5.97 Å². The van der Waals surface area contributed by atoms with Gasteiger partial charge in [0.1, 0.15) is 19.5 Å². The second kappa shape index (κ2) is 7.39. The molecule has 3 heterocycles. The number of nitrogens with one attached hydrogen (secondary N) is 1. The molecule has 4 aromatic rings. The van der Waals surface area contributed by atoms with Crippen molar-refractivity contribution in [1.29, 1.82) is 0 Å². The monoisotopic (exact) mass is 380 g/mol. The summed E-state index contributed by atoms with van der Waals surface area (Å²) in [4.78, 5) is 28.4. The topological polar surface area (TPSA) is 108 Å². The second-order valence-corrected chi connectivity index (χ2v) is 5.87. The van der Waals surface area contributed by atoms with Gasteiger partial charge in [0.05, 0.1) is 18.8 Å². The molecule has 9 nitrogen and oxygen atoms in total. The Labute approximate surface area is 158 Å². The summed E-state index contributed by atoms with van der Waals surface area (Å²) < 4.78 is 17.4. The van der Waals surface area contributed by atoms with Crippen molar-refractivity contribution in [2.75, 3.05) is 13.7 Å². The van der Waals surface area contributed by atoms with Crippen molar-refractivity contribution in [2.45, 2.75) is 6.61 Å². The molecular weight excluding hydrogens is 364 g/mol. The molecule has 0 aliphatic carbocycles. The maximum atomic E-state index is 12.9. The predicted octanol–water partition coefficient (Wildman–Crippen LogP) is 1.96. The van der Waals surface area contributed by atoms with E-state index >= 15 is 0 Å². The summed E-state index contributed by atoms with van der Waals surface area (Å²) >= 11 is 0. The van der Waals surface area contributed by atoms with E-state index < -0.39 is 11.9 Å². The molecule has 0 aliphatic rings. The van der Waals surface area contributed by atoms with Gasteiger partial charge < -0.3 is 19.2 Å². The number of furan rings is 1. The minimum Gasteiger partial charge on any atom is -0.486 e. The molecule has 142 valence electrons. The van der Waals surface area contributed by atoms with Crippen molar-refractivity contribution in [3.8, 4) is 5.75 Å². The van der Waals surface area contributed by atoms with Crippen molar-refractivity contribution < 1.29 is 23.5 Å². The number of ether oxygens (including phenoxy) is 2. The van der Waals surface area contributed by atoms with E-state index in [4.69, 9.17) is 9.15 Å². The van der Waals surface area contributed by atoms with Crippen LogP contribution in [0.4, 0.5) is 0 Å². The minimum absolute atomic E-state index is 0.112. The van der Waals surface area contributed by atoms with Crippen LogP contribution in [0.3, 0.4) is 0 Å². The normalized spacial score (nSPS) is 10.9. The van der Waals surface area contributed by atoms with Crippen LogP contribution in [0.5, 0.6) is 5.75 Å². The zero-order chi connectivity index (χ0) is 19.5. The lowest BCUT2D eigenvalue weighted by Crippen LogP contribution is -2.32. The van der Waals surface area contributed by atoms with Crippen LogP contribution in [0.2, 0.25) is 0 Å². The summed E-state index contributed by atoms with van der Waals surface area (Å²) in [6, 6.07) is 11.2. The van der Waals surface area contributed by atoms with Gasteiger partial charge in [-0.2, -0.15) is 5.10 Å². The van der Waals surface area contributed by atoms with Crippen LogP contribution in [-0.2, 0) is 16.1 Å². The van der Waals surface area contributed by atoms with E-state index in [0.717, 1.165) is 5.56 Å². The van der Waals surface area contributed by atoms with Crippen LogP contribution < -0.4 is 10.1 Å². The summed E-state index contributed by atoms with van der Waals surface area (Å²) in [6.45, 7) is -0.0499. The Kier molecular flexibility index (Phi) is 4.63. The molecule has 4 rings (SSSR count). The Morgan fingerprint density at radius 3 is 2.82 bits per heavy atom. The lowest BCUT2D eigenvalue weighted by atomic mass is 10.2. The highest BCUT2D eigenvalue weighted by molar-refractivity contribution is 6.05. The third-order valence-corrected chi connectivity index (χ3v) is 4.15. The highest BCUT2D eigenvalue weighted by atomic mass is 16.5. The minimum atomic E-state index is -0.570. The standard InChI is InChI=1S/C19H16N4O5/c1-26-14(24)9-20-19(25)15-16(28-10-12-5-3-2-4-6-12)13-7-8-27-17(13)18-21-11-22-23(15)18/h2-8,11H,9-10H2,1H3,(H,20,25). The third-order valence-electron chi connectivity index (χ3n) is 4.15. The zero-order valence-corrected chi connectivity index (χ0v) is 14.9. The molecule has 1 amide bonds. The number of fused-ring (bicyclic) bond motifs is 3. The number of methoxy groups -OCH3 is 1. The Hall–Kier alpha value is -3.88. The van der Waals surface area contributed by atoms with Crippen molar-refractivity contribution in [1.82, 2.24) is 19.9 Å². The van der Waals surface area contributed by atoms with Gasteiger partial charge in [-0.3, -0.25) is 9.59 Å². The maximum Gasteiger partial charge on any atom is 0.325 e. The van der Waals surface area contributed by atoms with Gasteiger partial charge in [-0.25, -0.2) is 9.50 Å². The molecule has 0 unspecified atom stereocenters. The number of esters is 1. The summed E-state index contributed by atoms with van der Waals surface area (Å²) in [5.41, 5.74) is 1.86. The van der Waals surface area contributed by atoms with Gasteiger partial charge in [0, 0.05) is 0 Å². The molecular formula is C19H16N4O5. The molecule has 28 heavy (non-hydrogen) atoms. The van der Waals surface area contributed by atoms with Gasteiger partial charge in [0.25, 0.3) is 5.91 Å².